The summed E-state index contributed by atoms with van der Waals surface area (Å²) in [6, 6.07) is 13.0. The Morgan fingerprint density at radius 3 is 2.28 bits per heavy atom. The average Bonchev–Trinajstić information content (AvgIpc) is 2.95. The standard InChI is InChI=1S/C30H41N3O6/c1-22(2)21-38-29-20-27(8-9-28(29)33(35)36)39-26-12-18-32(19-13-26)30(34)14-17-31-15-10-24(11-16-31)23-4-6-25(37-3)7-5-23/h4-9,20,22,24,26H,10-19,21H2,1-3H3. The summed E-state index contributed by atoms with van der Waals surface area (Å²) < 4.78 is 17.1. The van der Waals surface area contributed by atoms with Crippen LogP contribution in [0.2, 0.25) is 0 Å². The summed E-state index contributed by atoms with van der Waals surface area (Å²) in [5, 5.41) is 11.4. The van der Waals surface area contributed by atoms with Crippen molar-refractivity contribution in [2.75, 3.05) is 46.4 Å². The second kappa shape index (κ2) is 13.6. The first-order valence-electron chi connectivity index (χ1n) is 14.0. The number of carbonyl (C=O) groups is 1. The molecular weight excluding hydrogens is 498 g/mol. The van der Waals surface area contributed by atoms with E-state index in [1.165, 1.54) is 11.6 Å². The Kier molecular flexibility index (Phi) is 10.0. The van der Waals surface area contributed by atoms with Gasteiger partial charge in [0.25, 0.3) is 0 Å². The van der Waals surface area contributed by atoms with Crippen LogP contribution in [0.3, 0.4) is 0 Å². The van der Waals surface area contributed by atoms with Gasteiger partial charge in [-0.05, 0) is 61.5 Å². The minimum Gasteiger partial charge on any atom is -0.497 e. The van der Waals surface area contributed by atoms with Crippen LogP contribution in [0.1, 0.15) is 57.4 Å². The summed E-state index contributed by atoms with van der Waals surface area (Å²) in [4.78, 5) is 28.2. The SMILES string of the molecule is COc1ccc(C2CCN(CCC(=O)N3CCC(Oc4ccc([N+](=O)[O-])c(OCC(C)C)c4)CC3)CC2)cc1. The van der Waals surface area contributed by atoms with Crippen molar-refractivity contribution >= 4 is 11.6 Å². The van der Waals surface area contributed by atoms with E-state index in [0.29, 0.717) is 37.8 Å². The van der Waals surface area contributed by atoms with Crippen molar-refractivity contribution in [3.05, 3.63) is 58.1 Å². The number of nitro benzene ring substituents is 1. The number of likely N-dealkylation sites (tertiary alicyclic amines) is 2. The quantitative estimate of drug-likeness (QED) is 0.283. The van der Waals surface area contributed by atoms with Crippen LogP contribution in [0.5, 0.6) is 17.2 Å². The van der Waals surface area contributed by atoms with Gasteiger partial charge in [-0.2, -0.15) is 0 Å². The van der Waals surface area contributed by atoms with Gasteiger partial charge in [-0.15, -0.1) is 0 Å². The van der Waals surface area contributed by atoms with Crippen LogP contribution in [0.15, 0.2) is 42.5 Å². The van der Waals surface area contributed by atoms with Crippen LogP contribution in [0.25, 0.3) is 0 Å². The zero-order valence-electron chi connectivity index (χ0n) is 23.3. The van der Waals surface area contributed by atoms with E-state index in [1.807, 2.05) is 30.9 Å². The predicted molar refractivity (Wildman–Crippen MR) is 150 cm³/mol. The molecule has 2 heterocycles. The third-order valence-corrected chi connectivity index (χ3v) is 7.61. The lowest BCUT2D eigenvalue weighted by Crippen LogP contribution is -2.43. The second-order valence-electron chi connectivity index (χ2n) is 10.9. The largest absolute Gasteiger partial charge is 0.497 e. The van der Waals surface area contributed by atoms with E-state index in [-0.39, 0.29) is 29.4 Å². The maximum Gasteiger partial charge on any atom is 0.311 e. The Morgan fingerprint density at radius 1 is 1.00 bits per heavy atom. The van der Waals surface area contributed by atoms with Crippen molar-refractivity contribution in [3.63, 3.8) is 0 Å². The summed E-state index contributed by atoms with van der Waals surface area (Å²) >= 11 is 0. The zero-order valence-corrected chi connectivity index (χ0v) is 23.3. The number of piperidine rings is 2. The molecule has 2 aromatic carbocycles. The highest BCUT2D eigenvalue weighted by Gasteiger charge is 2.26. The molecule has 2 aromatic rings. The van der Waals surface area contributed by atoms with E-state index in [1.54, 1.807) is 19.2 Å². The molecule has 2 fully saturated rings. The Morgan fingerprint density at radius 2 is 1.67 bits per heavy atom. The fourth-order valence-corrected chi connectivity index (χ4v) is 5.28. The molecule has 0 N–H and O–H groups in total. The number of carbonyl (C=O) groups excluding carboxylic acids is 1. The fourth-order valence-electron chi connectivity index (χ4n) is 5.28. The number of benzene rings is 2. The van der Waals surface area contributed by atoms with Crippen LogP contribution < -0.4 is 14.2 Å². The molecule has 0 aliphatic carbocycles. The topological polar surface area (TPSA) is 94.4 Å². The van der Waals surface area contributed by atoms with Gasteiger partial charge < -0.3 is 24.0 Å². The average molecular weight is 540 g/mol. The summed E-state index contributed by atoms with van der Waals surface area (Å²) in [5.41, 5.74) is 1.30. The van der Waals surface area contributed by atoms with Gasteiger partial charge in [-0.1, -0.05) is 26.0 Å². The molecule has 0 saturated carbocycles. The third kappa shape index (κ3) is 8.08. The Hall–Kier alpha value is -3.33. The van der Waals surface area contributed by atoms with Gasteiger partial charge in [-0.25, -0.2) is 0 Å². The van der Waals surface area contributed by atoms with Gasteiger partial charge in [-0.3, -0.25) is 14.9 Å². The van der Waals surface area contributed by atoms with E-state index < -0.39 is 4.92 Å². The number of nitrogens with zero attached hydrogens (tertiary/aromatic N) is 3. The number of hydrogen-bond acceptors (Lipinski definition) is 7. The summed E-state index contributed by atoms with van der Waals surface area (Å²) in [5.74, 6) is 2.69. The zero-order chi connectivity index (χ0) is 27.8. The molecule has 4 rings (SSSR count). The molecule has 2 aliphatic rings. The van der Waals surface area contributed by atoms with Crippen LogP contribution in [-0.4, -0.2) is 73.2 Å². The maximum atomic E-state index is 12.9. The molecule has 2 aliphatic heterocycles. The van der Waals surface area contributed by atoms with E-state index in [9.17, 15) is 14.9 Å². The van der Waals surface area contributed by atoms with Gasteiger partial charge in [0.2, 0.25) is 11.7 Å². The van der Waals surface area contributed by atoms with E-state index >= 15 is 0 Å². The number of ether oxygens (including phenoxy) is 3. The van der Waals surface area contributed by atoms with Crippen molar-refractivity contribution in [1.29, 1.82) is 0 Å². The molecule has 0 atom stereocenters. The lowest BCUT2D eigenvalue weighted by atomic mass is 9.89. The normalized spacial score (nSPS) is 17.3. The molecule has 9 heteroatoms. The van der Waals surface area contributed by atoms with Gasteiger partial charge in [0.1, 0.15) is 17.6 Å². The van der Waals surface area contributed by atoms with Crippen molar-refractivity contribution in [3.8, 4) is 17.2 Å². The summed E-state index contributed by atoms with van der Waals surface area (Å²) in [6.07, 6.45) is 4.19. The van der Waals surface area contributed by atoms with Crippen molar-refractivity contribution < 1.29 is 23.9 Å². The van der Waals surface area contributed by atoms with Crippen molar-refractivity contribution in [2.45, 2.75) is 58.0 Å². The van der Waals surface area contributed by atoms with Gasteiger partial charge in [0.15, 0.2) is 0 Å². The van der Waals surface area contributed by atoms with E-state index in [4.69, 9.17) is 14.2 Å². The van der Waals surface area contributed by atoms with Gasteiger partial charge in [0, 0.05) is 51.0 Å². The van der Waals surface area contributed by atoms with Gasteiger partial charge in [0.05, 0.1) is 18.6 Å². The highest BCUT2D eigenvalue weighted by atomic mass is 16.6. The summed E-state index contributed by atoms with van der Waals surface area (Å²) in [7, 11) is 1.69. The Bertz CT molecular complexity index is 1090. The maximum absolute atomic E-state index is 12.9. The van der Waals surface area contributed by atoms with Crippen molar-refractivity contribution in [1.82, 2.24) is 9.80 Å². The highest BCUT2D eigenvalue weighted by Crippen LogP contribution is 2.33. The number of nitro groups is 1. The van der Waals surface area contributed by atoms with Crippen LogP contribution >= 0.6 is 0 Å². The van der Waals surface area contributed by atoms with Crippen LogP contribution in [0.4, 0.5) is 5.69 Å². The monoisotopic (exact) mass is 539 g/mol. The fraction of sp³-hybridized carbons (Fsp3) is 0.567. The first-order chi connectivity index (χ1) is 18.8. The van der Waals surface area contributed by atoms with Crippen molar-refractivity contribution in [2.24, 2.45) is 5.92 Å². The molecule has 9 nitrogen and oxygen atoms in total. The minimum absolute atomic E-state index is 0.0366. The molecule has 39 heavy (non-hydrogen) atoms. The first-order valence-corrected chi connectivity index (χ1v) is 14.0. The predicted octanol–water partition coefficient (Wildman–Crippen LogP) is 5.28. The Labute approximate surface area is 231 Å². The lowest BCUT2D eigenvalue weighted by Gasteiger charge is -2.34. The molecule has 1 amide bonds. The first kappa shape index (κ1) is 28.7. The molecule has 0 aromatic heterocycles. The molecule has 0 radical (unpaired) electrons. The molecule has 2 saturated heterocycles. The van der Waals surface area contributed by atoms with E-state index in [2.05, 4.69) is 17.0 Å². The molecule has 212 valence electrons. The minimum atomic E-state index is -0.438. The second-order valence-corrected chi connectivity index (χ2v) is 10.9. The number of methoxy groups -OCH3 is 1. The Balaban J connectivity index is 1.18. The smallest absolute Gasteiger partial charge is 0.311 e. The van der Waals surface area contributed by atoms with Crippen LogP contribution in [0, 0.1) is 16.0 Å². The van der Waals surface area contributed by atoms with Gasteiger partial charge >= 0.3 is 5.69 Å². The molecular formula is C30H41N3O6. The molecule has 0 unspecified atom stereocenters. The molecule has 0 spiro atoms. The molecule has 0 bridgehead atoms. The lowest BCUT2D eigenvalue weighted by molar-refractivity contribution is -0.385. The third-order valence-electron chi connectivity index (χ3n) is 7.61. The number of rotatable bonds is 11. The summed E-state index contributed by atoms with van der Waals surface area (Å²) in [6.45, 7) is 8.52. The number of amides is 1. The highest BCUT2D eigenvalue weighted by molar-refractivity contribution is 5.76. The number of hydrogen-bond donors (Lipinski definition) is 0. The van der Waals surface area contributed by atoms with E-state index in [0.717, 1.165) is 51.1 Å². The van der Waals surface area contributed by atoms with Crippen LogP contribution in [-0.2, 0) is 4.79 Å².